The Kier molecular flexibility index (Phi) is 9.42. The average molecular weight is 315 g/mol. The van der Waals surface area contributed by atoms with Crippen LogP contribution in [0, 0.1) is 0 Å². The van der Waals surface area contributed by atoms with Gasteiger partial charge in [0.15, 0.2) is 0 Å². The molecule has 0 amide bonds. The number of benzene rings is 1. The smallest absolute Gasteiger partial charge is 0.0637 e. The third-order valence-electron chi connectivity index (χ3n) is 3.26. The van der Waals surface area contributed by atoms with Crippen molar-refractivity contribution in [2.75, 3.05) is 52.0 Å². The molecule has 0 aliphatic heterocycles. The van der Waals surface area contributed by atoms with E-state index in [0.29, 0.717) is 13.2 Å². The van der Waals surface area contributed by atoms with Gasteiger partial charge in [0.25, 0.3) is 0 Å². The van der Waals surface area contributed by atoms with E-state index in [4.69, 9.17) is 21.1 Å². The number of hydrogen-bond acceptors (Lipinski definition) is 4. The van der Waals surface area contributed by atoms with Gasteiger partial charge in [-0.25, -0.2) is 0 Å². The van der Waals surface area contributed by atoms with Crippen molar-refractivity contribution in [1.29, 1.82) is 0 Å². The Bertz CT molecular complexity index is 394. The quantitative estimate of drug-likeness (QED) is 0.637. The maximum atomic E-state index is 6.18. The summed E-state index contributed by atoms with van der Waals surface area (Å²) in [5.41, 5.74) is 2.40. The normalized spacial score (nSPS) is 10.9. The Balaban J connectivity index is 2.88. The van der Waals surface area contributed by atoms with Crippen molar-refractivity contribution in [1.82, 2.24) is 5.32 Å². The van der Waals surface area contributed by atoms with Crippen LogP contribution in [0.3, 0.4) is 0 Å². The first-order valence-corrected chi connectivity index (χ1v) is 7.82. The van der Waals surface area contributed by atoms with E-state index in [1.807, 2.05) is 12.1 Å². The fourth-order valence-corrected chi connectivity index (χ4v) is 2.30. The minimum atomic E-state index is 0.679. The molecule has 0 radical (unpaired) electrons. The topological polar surface area (TPSA) is 33.7 Å². The van der Waals surface area contributed by atoms with Gasteiger partial charge in [0.1, 0.15) is 0 Å². The number of rotatable bonds is 11. The van der Waals surface area contributed by atoms with Gasteiger partial charge in [-0.05, 0) is 30.7 Å². The highest BCUT2D eigenvalue weighted by Crippen LogP contribution is 2.25. The van der Waals surface area contributed by atoms with Gasteiger partial charge >= 0.3 is 0 Å². The lowest BCUT2D eigenvalue weighted by atomic mass is 10.1. The van der Waals surface area contributed by atoms with E-state index in [-0.39, 0.29) is 0 Å². The van der Waals surface area contributed by atoms with Gasteiger partial charge in [0.05, 0.1) is 13.2 Å². The maximum absolute atomic E-state index is 6.18. The molecule has 0 bridgehead atoms. The number of hydrogen-bond donors (Lipinski definition) is 1. The predicted octanol–water partition coefficient (Wildman–Crippen LogP) is 2.94. The summed E-state index contributed by atoms with van der Waals surface area (Å²) in [4.78, 5) is 2.27. The zero-order valence-corrected chi connectivity index (χ0v) is 14.1. The van der Waals surface area contributed by atoms with Gasteiger partial charge in [-0.3, -0.25) is 0 Å². The molecule has 1 aromatic rings. The van der Waals surface area contributed by atoms with Gasteiger partial charge in [-0.1, -0.05) is 24.6 Å². The molecular formula is C16H27ClN2O2. The SMILES string of the molecule is CCCNCc1ccc(Cl)cc1N(CCOC)CCOC. The maximum Gasteiger partial charge on any atom is 0.0637 e. The lowest BCUT2D eigenvalue weighted by Gasteiger charge is -2.27. The molecule has 1 aromatic carbocycles. The van der Waals surface area contributed by atoms with Crippen molar-refractivity contribution >= 4 is 17.3 Å². The highest BCUT2D eigenvalue weighted by Gasteiger charge is 2.12. The summed E-state index contributed by atoms with van der Waals surface area (Å²) in [6, 6.07) is 6.06. The van der Waals surface area contributed by atoms with Gasteiger partial charge < -0.3 is 19.7 Å². The van der Waals surface area contributed by atoms with Crippen molar-refractivity contribution in [2.45, 2.75) is 19.9 Å². The van der Waals surface area contributed by atoms with Crippen molar-refractivity contribution in [2.24, 2.45) is 0 Å². The van der Waals surface area contributed by atoms with E-state index in [1.54, 1.807) is 14.2 Å². The lowest BCUT2D eigenvalue weighted by Crippen LogP contribution is -2.32. The largest absolute Gasteiger partial charge is 0.383 e. The molecule has 0 saturated heterocycles. The molecule has 0 atom stereocenters. The van der Waals surface area contributed by atoms with Crippen LogP contribution in [0.2, 0.25) is 5.02 Å². The summed E-state index contributed by atoms with van der Waals surface area (Å²) in [7, 11) is 3.44. The first-order valence-electron chi connectivity index (χ1n) is 7.44. The molecule has 0 unspecified atom stereocenters. The number of halogens is 1. The molecule has 0 spiro atoms. The lowest BCUT2D eigenvalue weighted by molar-refractivity contribution is 0.190. The summed E-state index contributed by atoms with van der Waals surface area (Å²) in [6.45, 7) is 7.02. The van der Waals surface area contributed by atoms with E-state index >= 15 is 0 Å². The van der Waals surface area contributed by atoms with Gasteiger partial charge in [0.2, 0.25) is 0 Å². The molecule has 1 N–H and O–H groups in total. The van der Waals surface area contributed by atoms with Gasteiger partial charge in [0, 0.05) is 44.6 Å². The summed E-state index contributed by atoms with van der Waals surface area (Å²) in [5.74, 6) is 0. The minimum Gasteiger partial charge on any atom is -0.383 e. The third kappa shape index (κ3) is 6.66. The van der Waals surface area contributed by atoms with Crippen LogP contribution in [-0.2, 0) is 16.0 Å². The molecule has 0 saturated carbocycles. The molecule has 0 aromatic heterocycles. The molecule has 0 fully saturated rings. The van der Waals surface area contributed by atoms with E-state index < -0.39 is 0 Å². The molecule has 4 nitrogen and oxygen atoms in total. The number of nitrogens with zero attached hydrogens (tertiary/aromatic N) is 1. The Morgan fingerprint density at radius 1 is 1.14 bits per heavy atom. The highest BCUT2D eigenvalue weighted by molar-refractivity contribution is 6.30. The standard InChI is InChI=1S/C16H27ClN2O2/c1-4-7-18-13-14-5-6-15(17)12-16(14)19(8-10-20-2)9-11-21-3/h5-6,12,18H,4,7-11,13H2,1-3H3. The molecular weight excluding hydrogens is 288 g/mol. The van der Waals surface area contributed by atoms with Crippen LogP contribution in [0.1, 0.15) is 18.9 Å². The van der Waals surface area contributed by atoms with Crippen molar-refractivity contribution in [3.63, 3.8) is 0 Å². The fourth-order valence-electron chi connectivity index (χ4n) is 2.14. The Morgan fingerprint density at radius 3 is 2.38 bits per heavy atom. The van der Waals surface area contributed by atoms with Crippen LogP contribution < -0.4 is 10.2 Å². The summed E-state index contributed by atoms with van der Waals surface area (Å²) >= 11 is 6.18. The minimum absolute atomic E-state index is 0.679. The van der Waals surface area contributed by atoms with Crippen LogP contribution in [-0.4, -0.2) is 47.1 Å². The van der Waals surface area contributed by atoms with E-state index in [2.05, 4.69) is 23.2 Å². The van der Waals surface area contributed by atoms with Crippen LogP contribution in [0.5, 0.6) is 0 Å². The summed E-state index contributed by atoms with van der Waals surface area (Å²) in [6.07, 6.45) is 1.12. The first-order chi connectivity index (χ1) is 10.2. The Morgan fingerprint density at radius 2 is 1.81 bits per heavy atom. The van der Waals surface area contributed by atoms with Crippen molar-refractivity contribution in [3.8, 4) is 0 Å². The highest BCUT2D eigenvalue weighted by atomic mass is 35.5. The van der Waals surface area contributed by atoms with E-state index in [9.17, 15) is 0 Å². The Labute approximate surface area is 133 Å². The fraction of sp³-hybridized carbons (Fsp3) is 0.625. The molecule has 0 aliphatic carbocycles. The molecule has 120 valence electrons. The zero-order valence-electron chi connectivity index (χ0n) is 13.3. The van der Waals surface area contributed by atoms with Crippen LogP contribution in [0.4, 0.5) is 5.69 Å². The van der Waals surface area contributed by atoms with Crippen LogP contribution in [0.25, 0.3) is 0 Å². The second-order valence-corrected chi connectivity index (χ2v) is 5.36. The van der Waals surface area contributed by atoms with E-state index in [0.717, 1.165) is 43.3 Å². The molecule has 5 heteroatoms. The van der Waals surface area contributed by atoms with Crippen molar-refractivity contribution < 1.29 is 9.47 Å². The molecule has 0 heterocycles. The summed E-state index contributed by atoms with van der Waals surface area (Å²) in [5, 5.41) is 4.20. The zero-order chi connectivity index (χ0) is 15.5. The number of nitrogens with one attached hydrogen (secondary N) is 1. The monoisotopic (exact) mass is 314 g/mol. The summed E-state index contributed by atoms with van der Waals surface area (Å²) < 4.78 is 10.4. The second kappa shape index (κ2) is 10.9. The molecule has 21 heavy (non-hydrogen) atoms. The first kappa shape index (κ1) is 18.2. The molecule has 0 aliphatic rings. The van der Waals surface area contributed by atoms with Crippen LogP contribution in [0.15, 0.2) is 18.2 Å². The second-order valence-electron chi connectivity index (χ2n) is 4.92. The number of methoxy groups -OCH3 is 2. The Hall–Kier alpha value is -0.810. The number of ether oxygens (including phenoxy) is 2. The van der Waals surface area contributed by atoms with Gasteiger partial charge in [-0.15, -0.1) is 0 Å². The average Bonchev–Trinajstić information content (AvgIpc) is 2.49. The van der Waals surface area contributed by atoms with Crippen LogP contribution >= 0.6 is 11.6 Å². The van der Waals surface area contributed by atoms with E-state index in [1.165, 1.54) is 5.56 Å². The number of anilines is 1. The predicted molar refractivity (Wildman–Crippen MR) is 89.4 cm³/mol. The van der Waals surface area contributed by atoms with Gasteiger partial charge in [-0.2, -0.15) is 0 Å². The molecule has 1 rings (SSSR count). The van der Waals surface area contributed by atoms with Crippen molar-refractivity contribution in [3.05, 3.63) is 28.8 Å². The third-order valence-corrected chi connectivity index (χ3v) is 3.50.